The number of carbonyl (C=O) groups excluding carboxylic acids is 13. The van der Waals surface area contributed by atoms with E-state index < -0.39 is 64.1 Å². The van der Waals surface area contributed by atoms with Gasteiger partial charge in [0.25, 0.3) is 29.5 Å². The molecule has 4 aliphatic carbocycles. The van der Waals surface area contributed by atoms with Gasteiger partial charge in [-0.3, -0.25) is 90.9 Å². The van der Waals surface area contributed by atoms with Crippen LogP contribution in [0.15, 0.2) is 183 Å². The topological polar surface area (TPSA) is 376 Å². The van der Waals surface area contributed by atoms with E-state index in [2.05, 4.69) is 56.3 Å². The Bertz CT molecular complexity index is 6160. The minimum Gasteiger partial charge on any atom is -0.489 e. The number of carboxylic acids is 1. The van der Waals surface area contributed by atoms with Crippen LogP contribution < -0.4 is 18.9 Å². The minimum absolute atomic E-state index is 0. The number of rotatable bonds is 25. The molecule has 0 spiro atoms. The van der Waals surface area contributed by atoms with Crippen molar-refractivity contribution in [3.8, 4) is 23.0 Å². The Balaban J connectivity index is 0.000000132. The molecule has 5 amide bonds. The number of likely N-dealkylation sites (tertiary alicyclic amines) is 1. The predicted octanol–water partition coefficient (Wildman–Crippen LogP) is 11.2. The molecule has 7 fully saturated rings. The van der Waals surface area contributed by atoms with Crippen LogP contribution in [0.3, 0.4) is 0 Å². The maximum absolute atomic E-state index is 13.4. The largest absolute Gasteiger partial charge is 0.489 e. The molecule has 0 bridgehead atoms. The summed E-state index contributed by atoms with van der Waals surface area (Å²) in [5.41, 5.74) is 11.6. The monoisotopic (exact) mass is 1900 g/mol. The van der Waals surface area contributed by atoms with Crippen LogP contribution in [0.2, 0.25) is 0 Å². The van der Waals surface area contributed by atoms with Gasteiger partial charge >= 0.3 is 5.97 Å². The van der Waals surface area contributed by atoms with Crippen molar-refractivity contribution in [2.75, 3.05) is 57.4 Å². The molecule has 3 saturated heterocycles. The molecule has 5 atom stereocenters. The van der Waals surface area contributed by atoms with Crippen molar-refractivity contribution in [1.29, 1.82) is 0 Å². The number of aliphatic carboxylic acids is 1. The second-order valence-electron chi connectivity index (χ2n) is 36.4. The molecule has 1 aromatic heterocycles. The zero-order valence-electron chi connectivity index (χ0n) is 76.1. The fourth-order valence-corrected chi connectivity index (χ4v) is 20.6. The molecule has 11 aliphatic rings. The normalized spacial score (nSPS) is 21.3. The molecule has 9 aromatic rings. The molecule has 0 radical (unpaired) electrons. The Morgan fingerprint density at radius 1 is 0.431 bits per heavy atom. The van der Waals surface area contributed by atoms with Gasteiger partial charge in [0, 0.05) is 127 Å². The number of fused-ring (bicyclic) bond motifs is 4. The Labute approximate surface area is 800 Å². The zero-order chi connectivity index (χ0) is 94.8. The molecule has 33 heteroatoms. The average molecular weight is 1900 g/mol. The van der Waals surface area contributed by atoms with Crippen LogP contribution in [0.5, 0.6) is 23.0 Å². The highest BCUT2D eigenvalue weighted by Gasteiger charge is 2.54. The highest BCUT2D eigenvalue weighted by molar-refractivity contribution is 7.85. The first-order valence-electron chi connectivity index (χ1n) is 46.3. The van der Waals surface area contributed by atoms with E-state index in [-0.39, 0.29) is 127 Å². The number of hydrogen-bond acceptors (Lipinski definition) is 25. The van der Waals surface area contributed by atoms with E-state index in [1.54, 1.807) is 87.2 Å². The molecule has 1 N–H and O–H groups in total. The standard InChI is InChI=1S/2C27H28N2O6.C26H28N2O5S.C24H22N4O4.ClH/c1-27(10-9-20(30)15-23(27)31)29-25(32)21-3-2-4-22(24(21)26(29)33)35-17-19-7-5-18(6-8-19)16-28-11-13-34-14-12-28;30-19-10-11-22(24(31)13-19)29-15-21-20(26(29)32)3-1-5-25(21)35-16-18-8-6-17(7-9-18)14-28-12-2-4-23(28)27(33)34;29-20-8-9-23(24(30)14-20)28-16-22-21(26(28)31)2-1-3-25(22)33-17-19-6-4-18(5-7-19)15-27-10-12-34(32)13-11-27;29-18-8-9-21(22(30)10-18)28-12-20-19(24(28)31)2-1-3-23(20)32-13-17-6-4-16(5-7-17)11-27-15-25-14-26-27;/h2-8H,9-17H2,1H3;1,3,5-9,22-23H,2,4,10-16H2,(H,33,34);1-7,23H,8-17H2;1-7,14-15,21H,8-13H2;1H/t27-;22?,23-;;;/m01.../s1. The summed E-state index contributed by atoms with van der Waals surface area (Å²) in [5, 5.41) is 13.5. The molecule has 8 aromatic carbocycles. The van der Waals surface area contributed by atoms with Crippen molar-refractivity contribution in [1.82, 2.24) is 49.1 Å². The number of imide groups is 1. The number of benzene rings is 8. The summed E-state index contributed by atoms with van der Waals surface area (Å²) in [7, 11) is -0.666. The summed E-state index contributed by atoms with van der Waals surface area (Å²) in [6.45, 7) is 12.7. The number of ether oxygens (including phenoxy) is 5. The summed E-state index contributed by atoms with van der Waals surface area (Å²) in [5.74, 6) is 0.107. The van der Waals surface area contributed by atoms with Crippen molar-refractivity contribution >= 4 is 105 Å². The second kappa shape index (κ2) is 43.4. The number of ketones is 8. The summed E-state index contributed by atoms with van der Waals surface area (Å²) >= 11 is 0. The first-order valence-corrected chi connectivity index (χ1v) is 47.8. The van der Waals surface area contributed by atoms with Gasteiger partial charge in [-0.2, -0.15) is 5.10 Å². The Morgan fingerprint density at radius 3 is 1.21 bits per heavy atom. The molecule has 20 rings (SSSR count). The third-order valence-corrected chi connectivity index (χ3v) is 28.5. The van der Waals surface area contributed by atoms with Gasteiger partial charge in [-0.05, 0) is 145 Å². The summed E-state index contributed by atoms with van der Waals surface area (Å²) in [4.78, 5) is 190. The quantitative estimate of drug-likeness (QED) is 0.0410. The number of morpholine rings is 1. The first kappa shape index (κ1) is 96.9. The molecule has 137 heavy (non-hydrogen) atoms. The van der Waals surface area contributed by atoms with E-state index in [0.29, 0.717) is 137 Å². The molecular formula is C104H107ClN10O21S. The molecule has 712 valence electrons. The Morgan fingerprint density at radius 2 is 0.810 bits per heavy atom. The van der Waals surface area contributed by atoms with Gasteiger partial charge in [0.1, 0.15) is 96.8 Å². The van der Waals surface area contributed by atoms with Crippen LogP contribution in [0.1, 0.15) is 210 Å². The summed E-state index contributed by atoms with van der Waals surface area (Å²) in [6, 6.07) is 51.5. The van der Waals surface area contributed by atoms with Crippen molar-refractivity contribution in [3.05, 3.63) is 272 Å². The van der Waals surface area contributed by atoms with Gasteiger partial charge in [0.15, 0.2) is 23.1 Å². The maximum Gasteiger partial charge on any atom is 0.320 e. The van der Waals surface area contributed by atoms with E-state index in [9.17, 15) is 76.4 Å². The van der Waals surface area contributed by atoms with E-state index >= 15 is 0 Å². The van der Waals surface area contributed by atoms with E-state index in [1.165, 1.54) is 17.5 Å². The lowest BCUT2D eigenvalue weighted by atomic mass is 9.80. The zero-order valence-corrected chi connectivity index (χ0v) is 77.7. The number of nitrogens with zero attached hydrogens (tertiary/aromatic N) is 10. The van der Waals surface area contributed by atoms with Crippen LogP contribution in [-0.2, 0) is 131 Å². The molecule has 31 nitrogen and oxygen atoms in total. The first-order chi connectivity index (χ1) is 65.8. The summed E-state index contributed by atoms with van der Waals surface area (Å²) < 4.78 is 42.9. The van der Waals surface area contributed by atoms with Gasteiger partial charge in [-0.15, -0.1) is 12.4 Å². The van der Waals surface area contributed by atoms with Crippen LogP contribution in [-0.4, -0.2) is 227 Å². The second-order valence-corrected chi connectivity index (χ2v) is 38.1. The van der Waals surface area contributed by atoms with Gasteiger partial charge in [0.05, 0.1) is 94.3 Å². The summed E-state index contributed by atoms with van der Waals surface area (Å²) in [6.07, 6.45) is 6.75. The lowest BCUT2D eigenvalue weighted by Gasteiger charge is -2.38. The van der Waals surface area contributed by atoms with Crippen LogP contribution in [0, 0.1) is 0 Å². The number of hydrogen-bond donors (Lipinski definition) is 1. The van der Waals surface area contributed by atoms with Crippen molar-refractivity contribution in [2.24, 2.45) is 0 Å². The highest BCUT2D eigenvalue weighted by atomic mass is 35.5. The van der Waals surface area contributed by atoms with Gasteiger partial charge in [0.2, 0.25) is 0 Å². The van der Waals surface area contributed by atoms with Gasteiger partial charge in [-0.1, -0.05) is 121 Å². The number of carbonyl (C=O) groups is 14. The Hall–Kier alpha value is -13.2. The lowest BCUT2D eigenvalue weighted by Crippen LogP contribution is -2.57. The third kappa shape index (κ3) is 22.4. The average Bonchev–Trinajstić information content (AvgIpc) is 1.58. The SMILES string of the molecule is C[C@]1(N2C(=O)c3cccc(OCc4ccc(CN5CCOCC5)cc4)c3C2=O)CCC(=O)CC1=O.Cl.O=C1CCC(N2Cc3c(OCc4ccc(CN5CCC[C@@H]5C(=O)O)cc4)cccc3C2=O)C(=O)C1.O=C1CCC(N2Cc3c(OCc4ccc(CN5CCS(=O)CC5)cc4)cccc3C2=O)C(=O)C1.O=C1CCC(N2Cc3c(OCc4ccc(Cn5cncn5)cc4)cccc3C2=O)C(=O)C1. The predicted molar refractivity (Wildman–Crippen MR) is 501 cm³/mol. The molecule has 7 aliphatic heterocycles. The molecule has 8 heterocycles. The molecule has 3 unspecified atom stereocenters. The van der Waals surface area contributed by atoms with E-state index in [1.807, 2.05) is 83.8 Å². The number of aromatic nitrogens is 3. The van der Waals surface area contributed by atoms with Crippen LogP contribution in [0.4, 0.5) is 0 Å². The number of halogens is 1. The minimum atomic E-state index is -1.32. The molecule has 4 saturated carbocycles. The fraction of sp³-hybridized carbons (Fsp3) is 0.385. The fourth-order valence-electron chi connectivity index (χ4n) is 19.5. The number of amides is 5. The Kier molecular flexibility index (Phi) is 30.7. The molecular weight excluding hydrogens is 1790 g/mol. The lowest BCUT2D eigenvalue weighted by molar-refractivity contribution is -0.142. The number of carboxylic acid groups (broad SMARTS) is 1. The maximum atomic E-state index is 13.4. The smallest absolute Gasteiger partial charge is 0.320 e. The van der Waals surface area contributed by atoms with Gasteiger partial charge < -0.3 is 43.5 Å². The third-order valence-electron chi connectivity index (χ3n) is 27.2. The highest BCUT2D eigenvalue weighted by Crippen LogP contribution is 2.43. The van der Waals surface area contributed by atoms with Crippen LogP contribution >= 0.6 is 12.4 Å². The van der Waals surface area contributed by atoms with E-state index in [4.69, 9.17) is 23.7 Å². The van der Waals surface area contributed by atoms with Gasteiger partial charge in [-0.25, -0.2) is 9.67 Å². The van der Waals surface area contributed by atoms with Crippen molar-refractivity contribution in [2.45, 2.75) is 199 Å². The van der Waals surface area contributed by atoms with Crippen molar-refractivity contribution in [3.63, 3.8) is 0 Å². The van der Waals surface area contributed by atoms with Crippen LogP contribution in [0.25, 0.3) is 0 Å². The van der Waals surface area contributed by atoms with E-state index in [0.717, 1.165) is 132 Å². The van der Waals surface area contributed by atoms with Crippen molar-refractivity contribution < 1.29 is 100 Å². The number of Topliss-reactive ketones (excluding diaryl/α,β-unsaturated/α-hetero) is 8.